The number of aromatic nitrogens is 6. The second kappa shape index (κ2) is 11.7. The molecule has 2 aliphatic rings. The Labute approximate surface area is 248 Å². The Bertz CT molecular complexity index is 1500. The summed E-state index contributed by atoms with van der Waals surface area (Å²) in [6.07, 6.45) is 7.57. The van der Waals surface area contributed by atoms with Crippen molar-refractivity contribution in [2.24, 2.45) is 0 Å². The molecule has 0 bridgehead atoms. The van der Waals surface area contributed by atoms with Gasteiger partial charge < -0.3 is 24.1 Å². The molecule has 1 aromatic carbocycles. The molecular weight excluding hydrogens is 548 g/mol. The molecule has 0 amide bonds. The van der Waals surface area contributed by atoms with Gasteiger partial charge in [-0.1, -0.05) is 20.8 Å². The zero-order chi connectivity index (χ0) is 29.3. The predicted molar refractivity (Wildman–Crippen MR) is 166 cm³/mol. The highest BCUT2D eigenvalue weighted by Crippen LogP contribution is 2.38. The van der Waals surface area contributed by atoms with E-state index in [9.17, 15) is 0 Å². The first-order valence-corrected chi connectivity index (χ1v) is 17.8. The second-order valence-corrected chi connectivity index (χ2v) is 17.5. The molecule has 5 heterocycles. The lowest BCUT2D eigenvalue weighted by atomic mass is 10.1. The van der Waals surface area contributed by atoms with Crippen LogP contribution in [-0.4, -0.2) is 77.2 Å². The summed E-state index contributed by atoms with van der Waals surface area (Å²) in [6.45, 7) is 16.5. The third-order valence-corrected chi connectivity index (χ3v) is 13.3. The average molecular weight is 591 g/mol. The first kappa shape index (κ1) is 28.8. The number of fused-ring (bicyclic) bond motifs is 1. The molecule has 3 aromatic heterocycles. The number of nitrogens with one attached hydrogen (secondary N) is 1. The van der Waals surface area contributed by atoms with Gasteiger partial charge in [-0.05, 0) is 55.2 Å². The van der Waals surface area contributed by atoms with E-state index in [2.05, 4.69) is 84.6 Å². The van der Waals surface area contributed by atoms with Crippen molar-refractivity contribution < 1.29 is 13.9 Å². The molecule has 1 unspecified atom stereocenters. The quantitative estimate of drug-likeness (QED) is 0.269. The molecule has 1 N–H and O–H groups in total. The van der Waals surface area contributed by atoms with Gasteiger partial charge in [0.2, 0.25) is 0 Å². The van der Waals surface area contributed by atoms with E-state index < -0.39 is 8.32 Å². The van der Waals surface area contributed by atoms with Crippen LogP contribution in [0.1, 0.15) is 45.3 Å². The van der Waals surface area contributed by atoms with Crippen molar-refractivity contribution in [2.45, 2.75) is 64.4 Å². The van der Waals surface area contributed by atoms with E-state index in [0.29, 0.717) is 24.7 Å². The summed E-state index contributed by atoms with van der Waals surface area (Å²) in [6, 6.07) is 8.58. The van der Waals surface area contributed by atoms with Gasteiger partial charge in [0.25, 0.3) is 0 Å². The van der Waals surface area contributed by atoms with Crippen LogP contribution < -0.4 is 10.2 Å². The summed E-state index contributed by atoms with van der Waals surface area (Å²) in [5, 5.41) is 13.2. The molecular formula is C30H42N8O3Si. The molecule has 6 rings (SSSR count). The van der Waals surface area contributed by atoms with Crippen LogP contribution in [0.15, 0.2) is 43.0 Å². The molecule has 0 aliphatic carbocycles. The number of ether oxygens (including phenoxy) is 2. The van der Waals surface area contributed by atoms with Gasteiger partial charge in [-0.25, -0.2) is 14.5 Å². The van der Waals surface area contributed by atoms with E-state index in [0.717, 1.165) is 68.4 Å². The van der Waals surface area contributed by atoms with E-state index in [-0.39, 0.29) is 11.1 Å². The summed E-state index contributed by atoms with van der Waals surface area (Å²) in [5.74, 6) is 0.641. The molecule has 2 aliphatic heterocycles. The highest BCUT2D eigenvalue weighted by molar-refractivity contribution is 6.74. The van der Waals surface area contributed by atoms with Crippen molar-refractivity contribution in [3.8, 4) is 11.3 Å². The van der Waals surface area contributed by atoms with Crippen molar-refractivity contribution >= 4 is 31.2 Å². The van der Waals surface area contributed by atoms with Gasteiger partial charge in [-0.3, -0.25) is 4.68 Å². The lowest BCUT2D eigenvalue weighted by Crippen LogP contribution is -2.40. The monoisotopic (exact) mass is 590 g/mol. The van der Waals surface area contributed by atoms with Gasteiger partial charge in [-0.15, -0.1) is 0 Å². The lowest BCUT2D eigenvalue weighted by molar-refractivity contribution is 0.0546. The number of hydrogen-bond donors (Lipinski definition) is 1. The third-order valence-electron chi connectivity index (χ3n) is 8.78. The maximum Gasteiger partial charge on any atom is 0.199 e. The minimum atomic E-state index is -1.99. The van der Waals surface area contributed by atoms with Crippen LogP contribution in [-0.2, 0) is 20.5 Å². The molecule has 11 nitrogen and oxygen atoms in total. The standard InChI is InChI=1S/C30H42N8O3Si/c1-30(2,3)42(4,5)41-20-26-25(18-37(35-26)24-7-6-14-40-19-24)27-17-31-28(29-32-21-33-38(27)29)34-22-8-10-23(11-9-22)36-12-15-39-16-13-36/h8-11,17-18,21,24H,6-7,12-16,19-20H2,1-5H3,(H,31,34). The Morgan fingerprint density at radius 2 is 1.83 bits per heavy atom. The Hall–Kier alpha value is -3.32. The molecule has 0 spiro atoms. The molecule has 1 atom stereocenters. The molecule has 42 heavy (non-hydrogen) atoms. The topological polar surface area (TPSA) is 104 Å². The van der Waals surface area contributed by atoms with Crippen LogP contribution in [0.3, 0.4) is 0 Å². The molecule has 2 saturated heterocycles. The van der Waals surface area contributed by atoms with Crippen LogP contribution in [0, 0.1) is 0 Å². The Balaban J connectivity index is 1.30. The van der Waals surface area contributed by atoms with Gasteiger partial charge in [0.05, 0.1) is 50.1 Å². The van der Waals surface area contributed by atoms with Crippen molar-refractivity contribution in [3.05, 3.63) is 48.7 Å². The molecule has 0 saturated carbocycles. The van der Waals surface area contributed by atoms with Gasteiger partial charge >= 0.3 is 0 Å². The third kappa shape index (κ3) is 5.94. The molecule has 224 valence electrons. The average Bonchev–Trinajstić information content (AvgIpc) is 3.66. The van der Waals surface area contributed by atoms with Gasteiger partial charge in [0, 0.05) is 42.8 Å². The molecule has 2 fully saturated rings. The lowest BCUT2D eigenvalue weighted by Gasteiger charge is -2.36. The van der Waals surface area contributed by atoms with E-state index in [1.807, 2.05) is 15.4 Å². The number of rotatable bonds is 8. The first-order valence-electron chi connectivity index (χ1n) is 14.9. The SMILES string of the molecule is CC(C)(C)[Si](C)(C)OCc1nn(C2CCCOC2)cc1-c1cnc(Nc2ccc(N3CCOCC3)cc2)c2ncnn12. The zero-order valence-corrected chi connectivity index (χ0v) is 26.3. The summed E-state index contributed by atoms with van der Waals surface area (Å²) >= 11 is 0. The molecule has 0 radical (unpaired) electrons. The maximum atomic E-state index is 6.64. The normalized spacial score (nSPS) is 18.5. The smallest absolute Gasteiger partial charge is 0.199 e. The van der Waals surface area contributed by atoms with Crippen LogP contribution >= 0.6 is 0 Å². The van der Waals surface area contributed by atoms with Gasteiger partial charge in [-0.2, -0.15) is 10.2 Å². The van der Waals surface area contributed by atoms with Crippen LogP contribution in [0.2, 0.25) is 18.1 Å². The van der Waals surface area contributed by atoms with Gasteiger partial charge in [0.15, 0.2) is 19.8 Å². The van der Waals surface area contributed by atoms with Crippen molar-refractivity contribution in [3.63, 3.8) is 0 Å². The fourth-order valence-electron chi connectivity index (χ4n) is 5.14. The second-order valence-electron chi connectivity index (χ2n) is 12.6. The molecule has 12 heteroatoms. The van der Waals surface area contributed by atoms with Crippen LogP contribution in [0.25, 0.3) is 16.9 Å². The maximum absolute atomic E-state index is 6.64. The fraction of sp³-hybridized carbons (Fsp3) is 0.533. The Morgan fingerprint density at radius 3 is 2.55 bits per heavy atom. The fourth-order valence-corrected chi connectivity index (χ4v) is 6.07. The van der Waals surface area contributed by atoms with Crippen molar-refractivity contribution in [1.29, 1.82) is 0 Å². The number of nitrogens with zero attached hydrogens (tertiary/aromatic N) is 7. The first-order chi connectivity index (χ1) is 20.2. The number of benzene rings is 1. The summed E-state index contributed by atoms with van der Waals surface area (Å²) in [5.41, 5.74) is 5.42. The van der Waals surface area contributed by atoms with Crippen LogP contribution in [0.4, 0.5) is 17.2 Å². The predicted octanol–water partition coefficient (Wildman–Crippen LogP) is 5.44. The zero-order valence-electron chi connectivity index (χ0n) is 25.3. The van der Waals surface area contributed by atoms with Crippen LogP contribution in [0.5, 0.6) is 0 Å². The van der Waals surface area contributed by atoms with E-state index in [4.69, 9.17) is 24.0 Å². The van der Waals surface area contributed by atoms with E-state index >= 15 is 0 Å². The van der Waals surface area contributed by atoms with E-state index in [1.54, 1.807) is 6.33 Å². The summed E-state index contributed by atoms with van der Waals surface area (Å²) < 4.78 is 21.8. The highest BCUT2D eigenvalue weighted by Gasteiger charge is 2.37. The minimum Gasteiger partial charge on any atom is -0.411 e. The number of morpholine rings is 1. The summed E-state index contributed by atoms with van der Waals surface area (Å²) in [7, 11) is -1.99. The van der Waals surface area contributed by atoms with Crippen molar-refractivity contribution in [2.75, 3.05) is 49.7 Å². The number of hydrogen-bond acceptors (Lipinski definition) is 9. The number of anilines is 3. The largest absolute Gasteiger partial charge is 0.411 e. The van der Waals surface area contributed by atoms with Crippen molar-refractivity contribution in [1.82, 2.24) is 29.4 Å². The Morgan fingerprint density at radius 1 is 1.05 bits per heavy atom. The minimum absolute atomic E-state index is 0.0986. The highest BCUT2D eigenvalue weighted by atomic mass is 28.4. The molecule has 4 aromatic rings. The van der Waals surface area contributed by atoms with Gasteiger partial charge in [0.1, 0.15) is 6.33 Å². The Kier molecular flexibility index (Phi) is 8.05. The van der Waals surface area contributed by atoms with E-state index in [1.165, 1.54) is 5.69 Å². The summed E-state index contributed by atoms with van der Waals surface area (Å²) in [4.78, 5) is 11.7.